The van der Waals surface area contributed by atoms with Gasteiger partial charge >= 0.3 is 5.97 Å². The molecule has 1 N–H and O–H groups in total. The number of hydrogen-bond donors (Lipinski definition) is 1. The third-order valence-electron chi connectivity index (χ3n) is 6.41. The number of nitrogens with one attached hydrogen (secondary N) is 1. The van der Waals surface area contributed by atoms with Crippen molar-refractivity contribution in [3.05, 3.63) is 54.1 Å². The maximum Gasteiger partial charge on any atom is 0.331 e. The van der Waals surface area contributed by atoms with Gasteiger partial charge in [-0.2, -0.15) is 4.31 Å². The van der Waals surface area contributed by atoms with Crippen LogP contribution in [0.15, 0.2) is 53.4 Å². The van der Waals surface area contributed by atoms with Gasteiger partial charge in [-0.05, 0) is 67.3 Å². The molecule has 2 aromatic rings. The van der Waals surface area contributed by atoms with Crippen LogP contribution in [0.5, 0.6) is 5.75 Å². The Bertz CT molecular complexity index is 1250. The number of morpholine rings is 1. The van der Waals surface area contributed by atoms with Crippen LogP contribution in [0.3, 0.4) is 0 Å². The molecule has 2 fully saturated rings. The highest BCUT2D eigenvalue weighted by molar-refractivity contribution is 7.89. The SMILES string of the molecule is COc1ccc(/C=C/C(=O)OCC(=O)Nc2ccc(N3CCCCC3)cc2)cc1S(=O)(=O)N1CCOCC1. The molecule has 2 saturated heterocycles. The Labute approximate surface area is 223 Å². The van der Waals surface area contributed by atoms with E-state index >= 15 is 0 Å². The van der Waals surface area contributed by atoms with Crippen molar-refractivity contribution in [2.75, 3.05) is 63.3 Å². The summed E-state index contributed by atoms with van der Waals surface area (Å²) in [6.45, 7) is 2.78. The fourth-order valence-corrected chi connectivity index (χ4v) is 5.98. The van der Waals surface area contributed by atoms with Gasteiger partial charge in [0, 0.05) is 43.6 Å². The number of benzene rings is 2. The van der Waals surface area contributed by atoms with Crippen molar-refractivity contribution in [1.29, 1.82) is 0 Å². The van der Waals surface area contributed by atoms with E-state index in [1.54, 1.807) is 6.07 Å². The van der Waals surface area contributed by atoms with Crippen LogP contribution in [0.4, 0.5) is 11.4 Å². The largest absolute Gasteiger partial charge is 0.495 e. The number of esters is 1. The van der Waals surface area contributed by atoms with E-state index < -0.39 is 28.5 Å². The van der Waals surface area contributed by atoms with Gasteiger partial charge in [-0.15, -0.1) is 0 Å². The van der Waals surface area contributed by atoms with Gasteiger partial charge in [0.1, 0.15) is 10.6 Å². The summed E-state index contributed by atoms with van der Waals surface area (Å²) >= 11 is 0. The molecule has 38 heavy (non-hydrogen) atoms. The molecule has 2 aromatic carbocycles. The number of rotatable bonds is 9. The highest BCUT2D eigenvalue weighted by Crippen LogP contribution is 2.29. The predicted octanol–water partition coefficient (Wildman–Crippen LogP) is 2.90. The quantitative estimate of drug-likeness (QED) is 0.379. The number of anilines is 2. The monoisotopic (exact) mass is 543 g/mol. The molecule has 11 heteroatoms. The van der Waals surface area contributed by atoms with Gasteiger partial charge in [-0.3, -0.25) is 4.79 Å². The lowest BCUT2D eigenvalue weighted by Crippen LogP contribution is -2.40. The van der Waals surface area contributed by atoms with E-state index in [1.165, 1.54) is 48.9 Å². The number of carbonyl (C=O) groups excluding carboxylic acids is 2. The number of nitrogens with zero attached hydrogens (tertiary/aromatic N) is 2. The molecular weight excluding hydrogens is 510 g/mol. The molecule has 0 atom stereocenters. The summed E-state index contributed by atoms with van der Waals surface area (Å²) in [7, 11) is -2.41. The number of methoxy groups -OCH3 is 1. The lowest BCUT2D eigenvalue weighted by atomic mass is 10.1. The van der Waals surface area contributed by atoms with E-state index in [4.69, 9.17) is 14.2 Å². The van der Waals surface area contributed by atoms with Crippen LogP contribution in [0.1, 0.15) is 24.8 Å². The summed E-state index contributed by atoms with van der Waals surface area (Å²) in [5.74, 6) is -0.980. The van der Waals surface area contributed by atoms with Gasteiger partial charge in [0.25, 0.3) is 5.91 Å². The first-order chi connectivity index (χ1) is 18.4. The molecule has 204 valence electrons. The highest BCUT2D eigenvalue weighted by Gasteiger charge is 2.29. The Morgan fingerprint density at radius 2 is 1.71 bits per heavy atom. The second-order valence-corrected chi connectivity index (χ2v) is 10.9. The van der Waals surface area contributed by atoms with Gasteiger partial charge < -0.3 is 24.4 Å². The Hall–Kier alpha value is -3.41. The molecule has 0 radical (unpaired) electrons. The molecule has 10 nitrogen and oxygen atoms in total. The number of sulfonamides is 1. The molecule has 2 aliphatic rings. The summed E-state index contributed by atoms with van der Waals surface area (Å²) in [5, 5.41) is 2.72. The second kappa shape index (κ2) is 12.9. The average Bonchev–Trinajstić information content (AvgIpc) is 2.96. The first kappa shape index (κ1) is 27.6. The van der Waals surface area contributed by atoms with Crippen LogP contribution in [-0.4, -0.2) is 77.7 Å². The fraction of sp³-hybridized carbons (Fsp3) is 0.407. The van der Waals surface area contributed by atoms with E-state index in [0.29, 0.717) is 24.5 Å². The lowest BCUT2D eigenvalue weighted by molar-refractivity contribution is -0.142. The zero-order chi connectivity index (χ0) is 27.0. The van der Waals surface area contributed by atoms with Crippen LogP contribution in [0, 0.1) is 0 Å². The van der Waals surface area contributed by atoms with E-state index in [0.717, 1.165) is 24.9 Å². The minimum absolute atomic E-state index is 0.00287. The topological polar surface area (TPSA) is 114 Å². The molecule has 0 bridgehead atoms. The number of hydrogen-bond acceptors (Lipinski definition) is 8. The van der Waals surface area contributed by atoms with Gasteiger partial charge in [0.15, 0.2) is 6.61 Å². The van der Waals surface area contributed by atoms with Crippen LogP contribution < -0.4 is 15.0 Å². The summed E-state index contributed by atoms with van der Waals surface area (Å²) in [6.07, 6.45) is 6.21. The Kier molecular flexibility index (Phi) is 9.38. The van der Waals surface area contributed by atoms with Gasteiger partial charge in [0.2, 0.25) is 10.0 Å². The van der Waals surface area contributed by atoms with Crippen molar-refractivity contribution >= 4 is 39.4 Å². The van der Waals surface area contributed by atoms with E-state index in [2.05, 4.69) is 10.2 Å². The number of amides is 1. The van der Waals surface area contributed by atoms with Gasteiger partial charge in [0.05, 0.1) is 20.3 Å². The van der Waals surface area contributed by atoms with Crippen LogP contribution >= 0.6 is 0 Å². The molecule has 1 amide bonds. The van der Waals surface area contributed by atoms with Crippen LogP contribution in [-0.2, 0) is 29.1 Å². The van der Waals surface area contributed by atoms with Gasteiger partial charge in [-0.25, -0.2) is 13.2 Å². The minimum Gasteiger partial charge on any atom is -0.495 e. The summed E-state index contributed by atoms with van der Waals surface area (Å²) < 4.78 is 43.1. The second-order valence-electron chi connectivity index (χ2n) is 9.01. The first-order valence-electron chi connectivity index (χ1n) is 12.6. The van der Waals surface area contributed by atoms with E-state index in [1.807, 2.05) is 24.3 Å². The first-order valence-corrected chi connectivity index (χ1v) is 14.1. The standard InChI is InChI=1S/C27H33N3O7S/c1-35-24-11-5-21(19-25(24)38(33,34)30-15-17-36-18-16-30)6-12-27(32)37-20-26(31)28-22-7-9-23(10-8-22)29-13-3-2-4-14-29/h5-12,19H,2-4,13-18,20H2,1H3,(H,28,31)/b12-6+. The third kappa shape index (κ3) is 7.12. The summed E-state index contributed by atoms with van der Waals surface area (Å²) in [5.41, 5.74) is 2.21. The molecule has 0 saturated carbocycles. The fourth-order valence-electron chi connectivity index (χ4n) is 4.38. The third-order valence-corrected chi connectivity index (χ3v) is 8.33. The molecule has 2 heterocycles. The summed E-state index contributed by atoms with van der Waals surface area (Å²) in [4.78, 5) is 26.8. The average molecular weight is 544 g/mol. The van der Waals surface area contributed by atoms with Crippen LogP contribution in [0.25, 0.3) is 6.08 Å². The number of carbonyl (C=O) groups is 2. The molecule has 0 aliphatic carbocycles. The molecule has 2 aliphatic heterocycles. The highest BCUT2D eigenvalue weighted by atomic mass is 32.2. The molecule has 0 unspecified atom stereocenters. The normalized spacial score (nSPS) is 16.8. The number of piperidine rings is 1. The lowest BCUT2D eigenvalue weighted by Gasteiger charge is -2.28. The molecule has 0 spiro atoms. The van der Waals surface area contributed by atoms with Crippen molar-refractivity contribution < 1.29 is 32.2 Å². The Morgan fingerprint density at radius 3 is 2.39 bits per heavy atom. The van der Waals surface area contributed by atoms with E-state index in [9.17, 15) is 18.0 Å². The predicted molar refractivity (Wildman–Crippen MR) is 144 cm³/mol. The maximum atomic E-state index is 13.1. The van der Waals surface area contributed by atoms with Crippen LogP contribution in [0.2, 0.25) is 0 Å². The number of ether oxygens (including phenoxy) is 3. The maximum absolute atomic E-state index is 13.1. The minimum atomic E-state index is -3.80. The van der Waals surface area contributed by atoms with Gasteiger partial charge in [-0.1, -0.05) is 6.07 Å². The summed E-state index contributed by atoms with van der Waals surface area (Å²) in [6, 6.07) is 12.2. The smallest absolute Gasteiger partial charge is 0.331 e. The zero-order valence-electron chi connectivity index (χ0n) is 21.4. The van der Waals surface area contributed by atoms with E-state index in [-0.39, 0.29) is 23.7 Å². The van der Waals surface area contributed by atoms with Crippen molar-refractivity contribution in [3.63, 3.8) is 0 Å². The van der Waals surface area contributed by atoms with Crippen molar-refractivity contribution in [2.45, 2.75) is 24.2 Å². The van der Waals surface area contributed by atoms with Crippen molar-refractivity contribution in [3.8, 4) is 5.75 Å². The van der Waals surface area contributed by atoms with Crippen molar-refractivity contribution in [1.82, 2.24) is 4.31 Å². The molecule has 0 aromatic heterocycles. The Balaban J connectivity index is 1.31. The Morgan fingerprint density at radius 1 is 1.00 bits per heavy atom. The van der Waals surface area contributed by atoms with Crippen molar-refractivity contribution in [2.24, 2.45) is 0 Å². The molecule has 4 rings (SSSR count). The molecular formula is C27H33N3O7S. The zero-order valence-corrected chi connectivity index (χ0v) is 22.2.